The molecule has 0 saturated carbocycles. The van der Waals surface area contributed by atoms with E-state index in [1.807, 2.05) is 0 Å². The van der Waals surface area contributed by atoms with Crippen molar-refractivity contribution >= 4 is 11.6 Å². The fourth-order valence-electron chi connectivity index (χ4n) is 2.60. The smallest absolute Gasteiger partial charge is 0.0779 e. The minimum atomic E-state index is -0.533. The molecule has 0 saturated heterocycles. The van der Waals surface area contributed by atoms with E-state index in [0.717, 1.165) is 34.6 Å². The first-order valence-electron chi connectivity index (χ1n) is 7.13. The van der Waals surface area contributed by atoms with Crippen molar-refractivity contribution in [2.75, 3.05) is 0 Å². The normalized spacial score (nSPS) is 13.4. The number of hydrogen-bond donors (Lipinski definition) is 1. The van der Waals surface area contributed by atoms with Crippen molar-refractivity contribution in [1.82, 2.24) is 0 Å². The molecular weight excluding hydrogens is 256 g/mol. The van der Waals surface area contributed by atoms with Crippen molar-refractivity contribution in [2.45, 2.75) is 65.4 Å². The first kappa shape index (κ1) is 16.5. The lowest BCUT2D eigenvalue weighted by Crippen LogP contribution is -2.08. The monoisotopic (exact) mass is 281 g/mol. The molecule has 0 aromatic heterocycles. The lowest BCUT2D eigenvalue weighted by molar-refractivity contribution is 0.197. The molecule has 1 nitrogen and oxygen atoms in total. The van der Waals surface area contributed by atoms with Crippen LogP contribution in [0.5, 0.6) is 0 Å². The van der Waals surface area contributed by atoms with Crippen molar-refractivity contribution < 1.29 is 5.11 Å². The van der Waals surface area contributed by atoms with Crippen LogP contribution in [0.15, 0.2) is 6.07 Å². The molecule has 1 rings (SSSR count). The van der Waals surface area contributed by atoms with Gasteiger partial charge < -0.3 is 5.11 Å². The summed E-state index contributed by atoms with van der Waals surface area (Å²) in [5.41, 5.74) is 4.51. The maximum atomic E-state index is 10.1. The molecule has 1 aromatic rings. The summed E-state index contributed by atoms with van der Waals surface area (Å²) in [5, 5.41) is 10.8. The summed E-state index contributed by atoms with van der Waals surface area (Å²) in [7, 11) is 0. The number of hydrogen-bond acceptors (Lipinski definition) is 1. The zero-order chi connectivity index (χ0) is 14.7. The first-order valence-corrected chi connectivity index (χ1v) is 7.51. The average molecular weight is 282 g/mol. The maximum Gasteiger partial charge on any atom is 0.0779 e. The van der Waals surface area contributed by atoms with Gasteiger partial charge in [0.15, 0.2) is 0 Å². The Hall–Kier alpha value is -0.530. The van der Waals surface area contributed by atoms with Crippen molar-refractivity contribution in [2.24, 2.45) is 0 Å². The van der Waals surface area contributed by atoms with Gasteiger partial charge in [0, 0.05) is 5.56 Å². The van der Waals surface area contributed by atoms with E-state index in [4.69, 9.17) is 11.6 Å². The Labute approximate surface area is 123 Å². The highest BCUT2D eigenvalue weighted by atomic mass is 35.5. The molecule has 1 N–H and O–H groups in total. The Kier molecular flexibility index (Phi) is 5.88. The summed E-state index contributed by atoms with van der Waals surface area (Å²) in [4.78, 5) is 0. The lowest BCUT2D eigenvalue weighted by atomic mass is 9.85. The average Bonchev–Trinajstić information content (AvgIpc) is 2.29. The highest BCUT2D eigenvalue weighted by Crippen LogP contribution is 2.38. The molecule has 0 aliphatic heterocycles. The van der Waals surface area contributed by atoms with Gasteiger partial charge in [-0.15, -0.1) is 0 Å². The first-order chi connectivity index (χ1) is 8.81. The predicted octanol–water partition coefficient (Wildman–Crippen LogP) is 5.41. The molecule has 0 aliphatic carbocycles. The molecule has 0 spiro atoms. The van der Waals surface area contributed by atoms with E-state index in [1.54, 1.807) is 6.92 Å². The van der Waals surface area contributed by atoms with Gasteiger partial charge in [0.25, 0.3) is 0 Å². The molecule has 0 amide bonds. The topological polar surface area (TPSA) is 20.2 Å². The van der Waals surface area contributed by atoms with Crippen molar-refractivity contribution in [3.63, 3.8) is 0 Å². The number of halogens is 1. The Morgan fingerprint density at radius 2 is 1.63 bits per heavy atom. The largest absolute Gasteiger partial charge is 0.389 e. The standard InChI is InChI=1S/C17H26ClO/c1-7-8-13-14(10(2)3)9-15(11(4)5)16(12(6)19)17(13)18/h9-12,19H,1,7-8H2,2-6H3. The van der Waals surface area contributed by atoms with Crippen LogP contribution < -0.4 is 0 Å². The van der Waals surface area contributed by atoms with Gasteiger partial charge in [-0.25, -0.2) is 0 Å². The van der Waals surface area contributed by atoms with Crippen LogP contribution in [0.1, 0.15) is 81.2 Å². The van der Waals surface area contributed by atoms with E-state index < -0.39 is 6.10 Å². The van der Waals surface area contributed by atoms with Gasteiger partial charge in [0.2, 0.25) is 0 Å². The van der Waals surface area contributed by atoms with Crippen molar-refractivity contribution in [3.05, 3.63) is 40.3 Å². The predicted molar refractivity (Wildman–Crippen MR) is 83.9 cm³/mol. The van der Waals surface area contributed by atoms with Gasteiger partial charge in [-0.05, 0) is 48.3 Å². The number of aliphatic hydroxyl groups excluding tert-OH is 1. The summed E-state index contributed by atoms with van der Waals surface area (Å²) >= 11 is 6.59. The van der Waals surface area contributed by atoms with Crippen LogP contribution in [0.2, 0.25) is 5.02 Å². The Morgan fingerprint density at radius 1 is 1.11 bits per heavy atom. The van der Waals surface area contributed by atoms with Crippen molar-refractivity contribution in [1.29, 1.82) is 0 Å². The van der Waals surface area contributed by atoms with Crippen LogP contribution in [0.25, 0.3) is 0 Å². The van der Waals surface area contributed by atoms with Gasteiger partial charge in [-0.2, -0.15) is 0 Å². The fraction of sp³-hybridized carbons (Fsp3) is 0.588. The van der Waals surface area contributed by atoms with Gasteiger partial charge in [-0.3, -0.25) is 0 Å². The second kappa shape index (κ2) is 6.76. The quantitative estimate of drug-likeness (QED) is 0.765. The van der Waals surface area contributed by atoms with Crippen LogP contribution in [0.4, 0.5) is 0 Å². The number of rotatable bonds is 5. The summed E-state index contributed by atoms with van der Waals surface area (Å²) in [6.07, 6.45) is 1.15. The van der Waals surface area contributed by atoms with Gasteiger partial charge in [-0.1, -0.05) is 52.3 Å². The molecule has 1 aromatic carbocycles. The Morgan fingerprint density at radius 3 is 2.00 bits per heavy atom. The molecule has 0 bridgehead atoms. The SMILES string of the molecule is [CH2]CCc1c(C(C)C)cc(C(C)C)c(C(C)O)c1Cl. The molecular formula is C17H26ClO. The molecule has 2 heteroatoms. The van der Waals surface area contributed by atoms with Crippen LogP contribution in [0, 0.1) is 6.92 Å². The summed E-state index contributed by atoms with van der Waals surface area (Å²) in [5.74, 6) is 0.785. The number of benzene rings is 1. The highest BCUT2D eigenvalue weighted by Gasteiger charge is 2.21. The molecule has 1 radical (unpaired) electrons. The van der Waals surface area contributed by atoms with Crippen molar-refractivity contribution in [3.8, 4) is 0 Å². The van der Waals surface area contributed by atoms with Crippen LogP contribution in [-0.4, -0.2) is 5.11 Å². The van der Waals surface area contributed by atoms with Crippen LogP contribution in [-0.2, 0) is 6.42 Å². The van der Waals surface area contributed by atoms with E-state index in [1.165, 1.54) is 5.56 Å². The third-order valence-corrected chi connectivity index (χ3v) is 3.99. The van der Waals surface area contributed by atoms with Crippen LogP contribution in [0.3, 0.4) is 0 Å². The molecule has 1 unspecified atom stereocenters. The minimum Gasteiger partial charge on any atom is -0.389 e. The maximum absolute atomic E-state index is 10.1. The van der Waals surface area contributed by atoms with Gasteiger partial charge in [0.1, 0.15) is 0 Å². The summed E-state index contributed by atoms with van der Waals surface area (Å²) in [6, 6.07) is 2.23. The van der Waals surface area contributed by atoms with Gasteiger partial charge >= 0.3 is 0 Å². The molecule has 1 atom stereocenters. The zero-order valence-corrected chi connectivity index (χ0v) is 13.5. The number of aliphatic hydroxyl groups is 1. The summed E-state index contributed by atoms with van der Waals surface area (Å²) in [6.45, 7) is 14.4. The Balaban J connectivity index is 3.60. The summed E-state index contributed by atoms with van der Waals surface area (Å²) < 4.78 is 0. The van der Waals surface area contributed by atoms with E-state index in [2.05, 4.69) is 40.7 Å². The molecule has 0 aliphatic rings. The molecule has 0 fully saturated rings. The third-order valence-electron chi connectivity index (χ3n) is 3.56. The van der Waals surface area contributed by atoms with Gasteiger partial charge in [0.05, 0.1) is 11.1 Å². The second-order valence-corrected chi connectivity index (χ2v) is 6.23. The minimum absolute atomic E-state index is 0.355. The second-order valence-electron chi connectivity index (χ2n) is 5.85. The Bertz CT molecular complexity index is 433. The lowest BCUT2D eigenvalue weighted by Gasteiger charge is -2.24. The van der Waals surface area contributed by atoms with E-state index >= 15 is 0 Å². The highest BCUT2D eigenvalue weighted by molar-refractivity contribution is 6.32. The van der Waals surface area contributed by atoms with E-state index in [9.17, 15) is 5.11 Å². The molecule has 0 heterocycles. The zero-order valence-electron chi connectivity index (χ0n) is 12.8. The van der Waals surface area contributed by atoms with Crippen LogP contribution >= 0.6 is 11.6 Å². The van der Waals surface area contributed by atoms with E-state index in [0.29, 0.717) is 11.8 Å². The third kappa shape index (κ3) is 3.52. The fourth-order valence-corrected chi connectivity index (χ4v) is 3.07. The van der Waals surface area contributed by atoms with E-state index in [-0.39, 0.29) is 0 Å². The molecule has 19 heavy (non-hydrogen) atoms. The molecule has 107 valence electrons.